The molecule has 0 fully saturated rings. The van der Waals surface area contributed by atoms with Crippen LogP contribution in [0.2, 0.25) is 0 Å². The molecule has 0 aliphatic rings. The first-order chi connectivity index (χ1) is 34.0. The molecule has 0 bridgehead atoms. The first-order valence-electron chi connectivity index (χ1n) is 24.8. The minimum Gasteiger partial charge on any atom is -0.507 e. The van der Waals surface area contributed by atoms with Crippen molar-refractivity contribution in [3.8, 4) is 78.6 Å². The molecule has 10 aromatic rings. The van der Waals surface area contributed by atoms with Crippen molar-refractivity contribution in [1.82, 2.24) is 14.5 Å². The number of hydrogen-bond acceptors (Lipinski definition) is 3. The number of imidazole rings is 1. The van der Waals surface area contributed by atoms with Gasteiger partial charge in [0.05, 0.1) is 22.3 Å². The van der Waals surface area contributed by atoms with Crippen LogP contribution in [0.4, 0.5) is 0 Å². The van der Waals surface area contributed by atoms with Gasteiger partial charge in [-0.15, -0.1) is 23.8 Å². The molecule has 0 atom stereocenters. The van der Waals surface area contributed by atoms with E-state index in [2.05, 4.69) is 261 Å². The standard InChI is InChI=1S/C67H62N3O.Pt/c1-65(2,3)53-32-33-60(56(41-53)48-24-17-12-18-25-48)70-61-27-19-26-55(62(61)69-64(70)57-42-54(66(4,5)6)43-58(63(57)71)67(7,8)9)51-37-50(46-22-15-11-16-23-46)38-52(39-51)59-40-49(34-35-68-59)47-30-28-45(29-31-47)36-44-20-13-10-14-21-44;/h10-35,37-38,40-43,71H,36H2,1-9H3;/q-1;. The second kappa shape index (κ2) is 19.8. The molecule has 0 radical (unpaired) electrons. The van der Waals surface area contributed by atoms with Gasteiger partial charge >= 0.3 is 0 Å². The van der Waals surface area contributed by atoms with Crippen LogP contribution in [-0.2, 0) is 43.7 Å². The molecule has 2 heterocycles. The Morgan fingerprint density at radius 3 is 1.72 bits per heavy atom. The number of phenolic OH excluding ortho intramolecular Hbond substituents is 1. The van der Waals surface area contributed by atoms with Crippen LogP contribution in [-0.4, -0.2) is 19.6 Å². The Morgan fingerprint density at radius 2 is 1.07 bits per heavy atom. The summed E-state index contributed by atoms with van der Waals surface area (Å²) in [5.41, 5.74) is 18.7. The van der Waals surface area contributed by atoms with Crippen molar-refractivity contribution >= 4 is 11.0 Å². The number of para-hydroxylation sites is 1. The average Bonchev–Trinajstić information content (AvgIpc) is 3.76. The zero-order valence-corrected chi connectivity index (χ0v) is 45.1. The van der Waals surface area contributed by atoms with Crippen LogP contribution in [0.25, 0.3) is 83.9 Å². The third-order valence-electron chi connectivity index (χ3n) is 13.7. The fourth-order valence-electron chi connectivity index (χ4n) is 9.65. The SMILES string of the molecule is CC(C)(C)c1ccc(-n2c(-c3cc(C(C)(C)C)cc(C(C)(C)C)c3O)nc3c(-c4[c-]c(-c5cc(-c6ccc(Cc7ccccc7)cc6)ccn5)cc(-c5ccccc5)c4)cccc32)c(-c2ccccc2)c1.[Pt]. The van der Waals surface area contributed by atoms with Gasteiger partial charge < -0.3 is 5.11 Å². The molecule has 0 saturated heterocycles. The molecule has 0 unspecified atom stereocenters. The molecule has 72 heavy (non-hydrogen) atoms. The molecule has 2 aromatic heterocycles. The van der Waals surface area contributed by atoms with E-state index in [1.165, 1.54) is 16.7 Å². The van der Waals surface area contributed by atoms with Crippen LogP contribution >= 0.6 is 0 Å². The van der Waals surface area contributed by atoms with Gasteiger partial charge in [0.25, 0.3) is 0 Å². The van der Waals surface area contributed by atoms with Crippen molar-refractivity contribution in [2.45, 2.75) is 85.0 Å². The minimum atomic E-state index is -0.341. The first kappa shape index (κ1) is 49.8. The monoisotopic (exact) mass is 1120 g/mol. The van der Waals surface area contributed by atoms with Crippen LogP contribution in [0.15, 0.2) is 194 Å². The van der Waals surface area contributed by atoms with Gasteiger partial charge in [-0.05, 0) is 97.5 Å². The van der Waals surface area contributed by atoms with Crippen LogP contribution in [0, 0.1) is 6.07 Å². The molecule has 5 heteroatoms. The Bertz CT molecular complexity index is 3540. The summed E-state index contributed by atoms with van der Waals surface area (Å²) in [6.07, 6.45) is 2.79. The van der Waals surface area contributed by atoms with Crippen molar-refractivity contribution in [3.05, 3.63) is 228 Å². The summed E-state index contributed by atoms with van der Waals surface area (Å²) in [4.78, 5) is 10.7. The Labute approximate surface area is 440 Å². The molecule has 10 rings (SSSR count). The summed E-state index contributed by atoms with van der Waals surface area (Å²) in [7, 11) is 0. The predicted octanol–water partition coefficient (Wildman–Crippen LogP) is 17.4. The van der Waals surface area contributed by atoms with Crippen molar-refractivity contribution in [2.24, 2.45) is 0 Å². The normalized spacial score (nSPS) is 12.0. The topological polar surface area (TPSA) is 50.9 Å². The van der Waals surface area contributed by atoms with Gasteiger partial charge in [0, 0.05) is 44.1 Å². The third kappa shape index (κ3) is 10.2. The van der Waals surface area contributed by atoms with Gasteiger partial charge in [-0.3, -0.25) is 9.55 Å². The summed E-state index contributed by atoms with van der Waals surface area (Å²) < 4.78 is 2.28. The summed E-state index contributed by atoms with van der Waals surface area (Å²) in [6, 6.07) is 70.8. The fraction of sp³-hybridized carbons (Fsp3) is 0.194. The molecule has 8 aromatic carbocycles. The van der Waals surface area contributed by atoms with Gasteiger partial charge in [0.2, 0.25) is 0 Å². The van der Waals surface area contributed by atoms with Crippen molar-refractivity contribution < 1.29 is 26.2 Å². The number of aromatic hydroxyl groups is 1. The van der Waals surface area contributed by atoms with E-state index in [0.717, 1.165) is 90.0 Å². The smallest absolute Gasteiger partial charge is 0.148 e. The molecule has 362 valence electrons. The second-order valence-electron chi connectivity index (χ2n) is 22.1. The molecule has 1 N–H and O–H groups in total. The van der Waals surface area contributed by atoms with Gasteiger partial charge in [0.15, 0.2) is 0 Å². The number of pyridine rings is 1. The van der Waals surface area contributed by atoms with Crippen LogP contribution < -0.4 is 0 Å². The zero-order chi connectivity index (χ0) is 49.7. The molecule has 0 aliphatic heterocycles. The molecule has 0 spiro atoms. The Balaban J connectivity index is 0.00000640. The van der Waals surface area contributed by atoms with Gasteiger partial charge in [-0.2, -0.15) is 0 Å². The number of aromatic nitrogens is 3. The van der Waals surface area contributed by atoms with Crippen LogP contribution in [0.1, 0.15) is 90.1 Å². The summed E-state index contributed by atoms with van der Waals surface area (Å²) in [6.45, 7) is 20.0. The van der Waals surface area contributed by atoms with E-state index < -0.39 is 0 Å². The average molecular weight is 1120 g/mol. The quantitative estimate of drug-likeness (QED) is 0.147. The van der Waals surface area contributed by atoms with Crippen LogP contribution in [0.5, 0.6) is 5.75 Å². The molecular weight excluding hydrogens is 1060 g/mol. The minimum absolute atomic E-state index is 0. The number of hydrogen-bond donors (Lipinski definition) is 1. The fourth-order valence-corrected chi connectivity index (χ4v) is 9.65. The second-order valence-corrected chi connectivity index (χ2v) is 22.1. The summed E-state index contributed by atoms with van der Waals surface area (Å²) in [5, 5.41) is 12.6. The molecule has 0 saturated carbocycles. The van der Waals surface area contributed by atoms with E-state index >= 15 is 0 Å². The maximum Gasteiger partial charge on any atom is 0.148 e. The number of benzene rings is 8. The van der Waals surface area contributed by atoms with Gasteiger partial charge in [-0.1, -0.05) is 225 Å². The molecule has 0 amide bonds. The predicted molar refractivity (Wildman–Crippen MR) is 297 cm³/mol. The van der Waals surface area contributed by atoms with Crippen molar-refractivity contribution in [2.75, 3.05) is 0 Å². The number of fused-ring (bicyclic) bond motifs is 1. The first-order valence-corrected chi connectivity index (χ1v) is 24.8. The zero-order valence-electron chi connectivity index (χ0n) is 42.8. The molecule has 4 nitrogen and oxygen atoms in total. The summed E-state index contributed by atoms with van der Waals surface area (Å²) in [5.74, 6) is 0.915. The van der Waals surface area contributed by atoms with E-state index in [4.69, 9.17) is 9.97 Å². The molecule has 0 aliphatic carbocycles. The van der Waals surface area contributed by atoms with Crippen molar-refractivity contribution in [1.29, 1.82) is 0 Å². The van der Waals surface area contributed by atoms with E-state index in [9.17, 15) is 5.11 Å². The Kier molecular flexibility index (Phi) is 13.7. The van der Waals surface area contributed by atoms with E-state index in [1.807, 2.05) is 6.20 Å². The van der Waals surface area contributed by atoms with Gasteiger partial charge in [-0.25, -0.2) is 4.98 Å². The van der Waals surface area contributed by atoms with Crippen molar-refractivity contribution in [3.63, 3.8) is 0 Å². The summed E-state index contributed by atoms with van der Waals surface area (Å²) >= 11 is 0. The number of phenols is 1. The number of nitrogens with zero attached hydrogens (tertiary/aromatic N) is 3. The van der Waals surface area contributed by atoms with E-state index in [0.29, 0.717) is 11.4 Å². The molecular formula is C67H62N3OPt-. The van der Waals surface area contributed by atoms with E-state index in [1.54, 1.807) is 0 Å². The largest absolute Gasteiger partial charge is 0.507 e. The maximum absolute atomic E-state index is 12.6. The Morgan fingerprint density at radius 1 is 0.472 bits per heavy atom. The van der Waals surface area contributed by atoms with Crippen LogP contribution in [0.3, 0.4) is 0 Å². The van der Waals surface area contributed by atoms with E-state index in [-0.39, 0.29) is 43.1 Å². The maximum atomic E-state index is 12.6. The third-order valence-corrected chi connectivity index (χ3v) is 13.7. The number of rotatable bonds is 9. The Hall–Kier alpha value is -7.13. The van der Waals surface area contributed by atoms with Gasteiger partial charge in [0.1, 0.15) is 11.6 Å².